The molecule has 0 bridgehead atoms. The van der Waals surface area contributed by atoms with E-state index in [1.54, 1.807) is 0 Å². The molecule has 0 N–H and O–H groups in total. The number of allylic oxidation sites excluding steroid dienone is 8. The Morgan fingerprint density at radius 1 is 0.316 bits per heavy atom. The van der Waals surface area contributed by atoms with E-state index in [2.05, 4.69) is 117 Å². The van der Waals surface area contributed by atoms with E-state index >= 15 is 0 Å². The van der Waals surface area contributed by atoms with Gasteiger partial charge in [0.2, 0.25) is 0 Å². The summed E-state index contributed by atoms with van der Waals surface area (Å²) >= 11 is 0. The van der Waals surface area contributed by atoms with Crippen LogP contribution in [0.5, 0.6) is 0 Å². The van der Waals surface area contributed by atoms with Crippen LogP contribution in [-0.4, -0.2) is 98.1 Å². The van der Waals surface area contributed by atoms with Crippen LogP contribution < -0.4 is 0 Å². The van der Waals surface area contributed by atoms with Crippen molar-refractivity contribution in [2.75, 3.05) is 78.5 Å². The van der Waals surface area contributed by atoms with Gasteiger partial charge in [0.05, 0.1) is 0 Å². The number of nitrogens with zero attached hydrogens (tertiary/aromatic N) is 4. The van der Waals surface area contributed by atoms with Gasteiger partial charge in [0.15, 0.2) is 0 Å². The van der Waals surface area contributed by atoms with Crippen molar-refractivity contribution in [1.29, 1.82) is 0 Å². The fourth-order valence-electron chi connectivity index (χ4n) is 6.37. The molecule has 0 aromatic rings. The average molecular weight is 513 g/mol. The first-order valence-corrected chi connectivity index (χ1v) is 15.1. The summed E-state index contributed by atoms with van der Waals surface area (Å²) in [7, 11) is 0. The van der Waals surface area contributed by atoms with Crippen LogP contribution in [0.4, 0.5) is 0 Å². The van der Waals surface area contributed by atoms with Gasteiger partial charge in [0, 0.05) is 76.0 Å². The summed E-state index contributed by atoms with van der Waals surface area (Å²) in [6, 6.07) is 0. The zero-order valence-electron chi connectivity index (χ0n) is 23.2. The minimum absolute atomic E-state index is 0.570. The summed E-state index contributed by atoms with van der Waals surface area (Å²) in [5.41, 5.74) is 0. The van der Waals surface area contributed by atoms with Crippen LogP contribution in [0, 0.1) is 23.7 Å². The second-order valence-electron chi connectivity index (χ2n) is 11.6. The number of rotatable bonds is 8. The predicted molar refractivity (Wildman–Crippen MR) is 162 cm³/mol. The Morgan fingerprint density at radius 3 is 0.737 bits per heavy atom. The van der Waals surface area contributed by atoms with Crippen molar-refractivity contribution in [1.82, 2.24) is 19.6 Å². The van der Waals surface area contributed by atoms with Crippen molar-refractivity contribution in [2.45, 2.75) is 12.8 Å². The smallest absolute Gasteiger partial charge is 0.0110 e. The molecule has 0 atom stereocenters. The first kappa shape index (κ1) is 27.3. The van der Waals surface area contributed by atoms with Crippen molar-refractivity contribution in [3.63, 3.8) is 0 Å². The molecule has 38 heavy (non-hydrogen) atoms. The van der Waals surface area contributed by atoms with Gasteiger partial charge in [0.25, 0.3) is 0 Å². The van der Waals surface area contributed by atoms with E-state index < -0.39 is 0 Å². The molecule has 0 amide bonds. The lowest BCUT2D eigenvalue weighted by Crippen LogP contribution is -2.43. The van der Waals surface area contributed by atoms with Gasteiger partial charge >= 0.3 is 0 Å². The third-order valence-electron chi connectivity index (χ3n) is 8.55. The van der Waals surface area contributed by atoms with Crippen LogP contribution in [0.2, 0.25) is 0 Å². The average Bonchev–Trinajstić information content (AvgIpc) is 3.74. The highest BCUT2D eigenvalue weighted by molar-refractivity contribution is 5.20. The Balaban J connectivity index is 1.24. The topological polar surface area (TPSA) is 13.0 Å². The summed E-state index contributed by atoms with van der Waals surface area (Å²) in [5, 5.41) is 0. The normalized spacial score (nSPS) is 25.7. The SMILES string of the molecule is C1=CC(CN2CCCN(CC3C=CC=C3)CCN(CC3C=CC=C3)CCCN(CC3C=CC=C3)CC2)C=C1. The maximum atomic E-state index is 2.74. The van der Waals surface area contributed by atoms with Crippen LogP contribution in [-0.2, 0) is 0 Å². The van der Waals surface area contributed by atoms with Crippen molar-refractivity contribution < 1.29 is 0 Å². The van der Waals surface area contributed by atoms with Gasteiger partial charge in [-0.05, 0) is 39.0 Å². The van der Waals surface area contributed by atoms with E-state index in [0.717, 1.165) is 52.4 Å². The Kier molecular flexibility index (Phi) is 10.6. The van der Waals surface area contributed by atoms with E-state index in [9.17, 15) is 0 Å². The van der Waals surface area contributed by atoms with Gasteiger partial charge in [-0.25, -0.2) is 0 Å². The zero-order valence-corrected chi connectivity index (χ0v) is 23.2. The fourth-order valence-corrected chi connectivity index (χ4v) is 6.37. The summed E-state index contributed by atoms with van der Waals surface area (Å²) in [6.45, 7) is 14.0. The molecule has 0 radical (unpaired) electrons. The molecule has 5 rings (SSSR count). The first-order valence-electron chi connectivity index (χ1n) is 15.1. The monoisotopic (exact) mass is 512 g/mol. The molecule has 0 saturated carbocycles. The fraction of sp³-hybridized carbons (Fsp3) is 0.529. The number of hydrogen-bond acceptors (Lipinski definition) is 4. The molecule has 0 spiro atoms. The molecule has 4 aliphatic carbocycles. The van der Waals surface area contributed by atoms with Crippen molar-refractivity contribution >= 4 is 0 Å². The van der Waals surface area contributed by atoms with Gasteiger partial charge in [-0.15, -0.1) is 0 Å². The molecular weight excluding hydrogens is 464 g/mol. The summed E-state index contributed by atoms with van der Waals surface area (Å²) in [6.07, 6.45) is 39.1. The molecular formula is C34H48N4. The molecule has 4 heteroatoms. The molecule has 0 unspecified atom stereocenters. The van der Waals surface area contributed by atoms with Crippen LogP contribution >= 0.6 is 0 Å². The van der Waals surface area contributed by atoms with Crippen LogP contribution in [0.25, 0.3) is 0 Å². The van der Waals surface area contributed by atoms with Gasteiger partial charge in [-0.2, -0.15) is 0 Å². The maximum Gasteiger partial charge on any atom is 0.0110 e. The molecule has 204 valence electrons. The minimum atomic E-state index is 0.570. The van der Waals surface area contributed by atoms with Gasteiger partial charge in [0.1, 0.15) is 0 Å². The highest BCUT2D eigenvalue weighted by Gasteiger charge is 2.20. The van der Waals surface area contributed by atoms with Crippen molar-refractivity contribution in [3.05, 3.63) is 97.2 Å². The van der Waals surface area contributed by atoms with Crippen LogP contribution in [0.1, 0.15) is 12.8 Å². The third-order valence-corrected chi connectivity index (χ3v) is 8.55. The largest absolute Gasteiger partial charge is 0.301 e. The van der Waals surface area contributed by atoms with E-state index in [0.29, 0.717) is 23.7 Å². The summed E-state index contributed by atoms with van der Waals surface area (Å²) in [4.78, 5) is 11.0. The maximum absolute atomic E-state index is 2.74. The highest BCUT2D eigenvalue weighted by Crippen LogP contribution is 2.17. The molecule has 4 nitrogen and oxygen atoms in total. The third kappa shape index (κ3) is 8.91. The molecule has 1 heterocycles. The van der Waals surface area contributed by atoms with Crippen LogP contribution in [0.3, 0.4) is 0 Å². The lowest BCUT2D eigenvalue weighted by Gasteiger charge is -2.34. The first-order chi connectivity index (χ1) is 18.8. The molecule has 0 aromatic heterocycles. The lowest BCUT2D eigenvalue weighted by molar-refractivity contribution is 0.149. The second kappa shape index (κ2) is 14.8. The Hall–Kier alpha value is -2.24. The van der Waals surface area contributed by atoms with E-state index in [-0.39, 0.29) is 0 Å². The van der Waals surface area contributed by atoms with Crippen molar-refractivity contribution in [3.8, 4) is 0 Å². The molecule has 0 aromatic carbocycles. The Morgan fingerprint density at radius 2 is 0.526 bits per heavy atom. The van der Waals surface area contributed by atoms with E-state index in [4.69, 9.17) is 0 Å². The zero-order chi connectivity index (χ0) is 25.8. The molecule has 1 aliphatic heterocycles. The molecule has 5 aliphatic rings. The molecule has 1 fully saturated rings. The Bertz CT molecular complexity index is 765. The van der Waals surface area contributed by atoms with Gasteiger partial charge in [-0.1, -0.05) is 97.2 Å². The Labute approximate surface area is 231 Å². The molecule has 1 saturated heterocycles. The second-order valence-corrected chi connectivity index (χ2v) is 11.6. The lowest BCUT2D eigenvalue weighted by atomic mass is 10.1. The highest BCUT2D eigenvalue weighted by atomic mass is 15.2. The van der Waals surface area contributed by atoms with Crippen LogP contribution in [0.15, 0.2) is 97.2 Å². The standard InChI is InChI=1S/C34H48N4/c1-2-12-31(11-1)27-35-19-9-20-37(29-33-15-5-6-16-33)25-26-38(30-34-17-7-8-18-34)22-10-21-36(24-23-35)28-32-13-3-4-14-32/h1-8,11-18,31-34H,9-10,19-30H2. The predicted octanol–water partition coefficient (Wildman–Crippen LogP) is 4.96. The van der Waals surface area contributed by atoms with E-state index in [1.807, 2.05) is 0 Å². The summed E-state index contributed by atoms with van der Waals surface area (Å²) in [5.74, 6) is 2.28. The van der Waals surface area contributed by atoms with E-state index in [1.165, 1.54) is 39.0 Å². The summed E-state index contributed by atoms with van der Waals surface area (Å²) < 4.78 is 0. The quantitative estimate of drug-likeness (QED) is 0.456. The van der Waals surface area contributed by atoms with Gasteiger partial charge in [-0.3, -0.25) is 0 Å². The number of hydrogen-bond donors (Lipinski definition) is 0. The minimum Gasteiger partial charge on any atom is -0.301 e. The van der Waals surface area contributed by atoms with Gasteiger partial charge < -0.3 is 19.6 Å². The van der Waals surface area contributed by atoms with Crippen molar-refractivity contribution in [2.24, 2.45) is 23.7 Å².